The Morgan fingerprint density at radius 3 is 2.30 bits per heavy atom. The fraction of sp³-hybridized carbons (Fsp3) is 0.0500. The van der Waals surface area contributed by atoms with Gasteiger partial charge in [-0.1, -0.05) is 42.5 Å². The van der Waals surface area contributed by atoms with Gasteiger partial charge in [-0.05, 0) is 47.5 Å². The van der Waals surface area contributed by atoms with Crippen LogP contribution in [0.15, 0.2) is 88.8 Å². The summed E-state index contributed by atoms with van der Waals surface area (Å²) in [6, 6.07) is 23.9. The second-order valence-corrected chi connectivity index (χ2v) is 7.79. The van der Waals surface area contributed by atoms with Gasteiger partial charge < -0.3 is 10.7 Å². The summed E-state index contributed by atoms with van der Waals surface area (Å²) in [6.45, 7) is 0. The van der Waals surface area contributed by atoms with Crippen LogP contribution in [0.25, 0.3) is 11.1 Å². The number of hydrogen-bond donors (Lipinski definition) is 3. The molecule has 0 aliphatic rings. The minimum Gasteiger partial charge on any atom is -0.371 e. The molecular formula is C20H20N4O2S. The van der Waals surface area contributed by atoms with Crippen LogP contribution in [-0.2, 0) is 9.84 Å². The van der Waals surface area contributed by atoms with Crippen LogP contribution in [-0.4, -0.2) is 20.6 Å². The number of hydrogen-bond acceptors (Lipinski definition) is 5. The summed E-state index contributed by atoms with van der Waals surface area (Å²) < 4.78 is 25.1. The molecule has 0 saturated heterocycles. The smallest absolute Gasteiger partial charge is 0.196 e. The Labute approximate surface area is 158 Å². The molecular weight excluding hydrogens is 360 g/mol. The van der Waals surface area contributed by atoms with Crippen molar-refractivity contribution >= 4 is 27.6 Å². The number of aliphatic imine (C=N–C) groups is 1. The van der Waals surface area contributed by atoms with Crippen LogP contribution in [0.2, 0.25) is 0 Å². The molecule has 0 fully saturated rings. The summed E-state index contributed by atoms with van der Waals surface area (Å²) in [5.74, 6) is 4.92. The molecule has 7 heteroatoms. The van der Waals surface area contributed by atoms with Gasteiger partial charge in [0.2, 0.25) is 0 Å². The van der Waals surface area contributed by atoms with Crippen molar-refractivity contribution in [3.63, 3.8) is 0 Å². The molecule has 3 aromatic carbocycles. The zero-order valence-electron chi connectivity index (χ0n) is 14.5. The number of nitrogens with one attached hydrogen (secondary N) is 2. The van der Waals surface area contributed by atoms with Crippen LogP contribution >= 0.6 is 0 Å². The first-order valence-electron chi connectivity index (χ1n) is 8.29. The summed E-state index contributed by atoms with van der Waals surface area (Å²) in [5.41, 5.74) is 5.75. The summed E-state index contributed by atoms with van der Waals surface area (Å²) in [6.07, 6.45) is 1.32. The van der Waals surface area contributed by atoms with Crippen molar-refractivity contribution in [2.45, 2.75) is 4.90 Å². The summed E-state index contributed by atoms with van der Waals surface area (Å²) >= 11 is 0. The third-order valence-corrected chi connectivity index (χ3v) is 5.43. The second-order valence-electron chi connectivity index (χ2n) is 5.80. The van der Waals surface area contributed by atoms with E-state index in [9.17, 15) is 8.42 Å². The molecule has 0 radical (unpaired) electrons. The standard InChI is InChI=1S/C20H20N4O2S/c21-24-14-22-18-9-11-20(12-10-18)27(25,26)15-23-19-8-4-7-17(13-19)16-5-2-1-3-6-16/h1-14,23H,15,21H2,(H,22,24). The monoisotopic (exact) mass is 380 g/mol. The van der Waals surface area contributed by atoms with Gasteiger partial charge in [-0.15, -0.1) is 0 Å². The number of nitrogens with two attached hydrogens (primary N) is 1. The van der Waals surface area contributed by atoms with Crippen molar-refractivity contribution in [3.8, 4) is 11.1 Å². The number of sulfone groups is 1. The largest absolute Gasteiger partial charge is 0.371 e. The predicted molar refractivity (Wildman–Crippen MR) is 109 cm³/mol. The number of hydrazine groups is 1. The van der Waals surface area contributed by atoms with Crippen molar-refractivity contribution in [1.82, 2.24) is 5.43 Å². The molecule has 27 heavy (non-hydrogen) atoms. The van der Waals surface area contributed by atoms with Crippen molar-refractivity contribution in [3.05, 3.63) is 78.9 Å². The van der Waals surface area contributed by atoms with Crippen LogP contribution < -0.4 is 16.6 Å². The van der Waals surface area contributed by atoms with E-state index in [2.05, 4.69) is 15.7 Å². The average Bonchev–Trinajstić information content (AvgIpc) is 2.72. The molecule has 0 heterocycles. The maximum Gasteiger partial charge on any atom is 0.196 e. The van der Waals surface area contributed by atoms with Crippen molar-refractivity contribution < 1.29 is 8.42 Å². The number of anilines is 1. The molecule has 0 spiro atoms. The zero-order chi connectivity index (χ0) is 19.1. The zero-order valence-corrected chi connectivity index (χ0v) is 15.4. The summed E-state index contributed by atoms with van der Waals surface area (Å²) in [4.78, 5) is 4.24. The van der Waals surface area contributed by atoms with Crippen molar-refractivity contribution in [1.29, 1.82) is 0 Å². The molecule has 0 unspecified atom stereocenters. The van der Waals surface area contributed by atoms with Crippen LogP contribution in [0.3, 0.4) is 0 Å². The van der Waals surface area contributed by atoms with E-state index in [4.69, 9.17) is 5.84 Å². The fourth-order valence-corrected chi connectivity index (χ4v) is 3.63. The highest BCUT2D eigenvalue weighted by molar-refractivity contribution is 7.91. The summed E-state index contributed by atoms with van der Waals surface area (Å²) in [7, 11) is -3.48. The molecule has 3 aromatic rings. The van der Waals surface area contributed by atoms with E-state index in [1.54, 1.807) is 12.1 Å². The Kier molecular flexibility index (Phi) is 5.85. The maximum absolute atomic E-state index is 12.6. The molecule has 0 aromatic heterocycles. The molecule has 0 saturated carbocycles. The van der Waals surface area contributed by atoms with Gasteiger partial charge in [-0.2, -0.15) is 0 Å². The lowest BCUT2D eigenvalue weighted by atomic mass is 10.1. The molecule has 4 N–H and O–H groups in total. The SMILES string of the molecule is NNC=Nc1ccc(S(=O)(=O)CNc2cccc(-c3ccccc3)c2)cc1. The lowest BCUT2D eigenvalue weighted by Crippen LogP contribution is -2.18. The van der Waals surface area contributed by atoms with Crippen molar-refractivity contribution in [2.75, 3.05) is 11.2 Å². The van der Waals surface area contributed by atoms with Gasteiger partial charge in [0.25, 0.3) is 0 Å². The van der Waals surface area contributed by atoms with E-state index in [1.807, 2.05) is 54.6 Å². The third-order valence-electron chi connectivity index (χ3n) is 3.92. The van der Waals surface area contributed by atoms with Crippen molar-refractivity contribution in [2.24, 2.45) is 10.8 Å². The quantitative estimate of drug-likeness (QED) is 0.253. The van der Waals surface area contributed by atoms with Crippen LogP contribution in [0.5, 0.6) is 0 Å². The molecule has 138 valence electrons. The van der Waals surface area contributed by atoms with Gasteiger partial charge in [0.1, 0.15) is 12.2 Å². The first kappa shape index (κ1) is 18.6. The van der Waals surface area contributed by atoms with E-state index < -0.39 is 9.84 Å². The molecule has 3 rings (SSSR count). The van der Waals surface area contributed by atoms with Gasteiger partial charge in [-0.25, -0.2) is 19.3 Å². The van der Waals surface area contributed by atoms with E-state index >= 15 is 0 Å². The molecule has 0 amide bonds. The molecule has 0 aliphatic carbocycles. The highest BCUT2D eigenvalue weighted by Gasteiger charge is 2.14. The van der Waals surface area contributed by atoms with E-state index in [0.29, 0.717) is 5.69 Å². The molecule has 6 nitrogen and oxygen atoms in total. The van der Waals surface area contributed by atoms with Crippen LogP contribution in [0.1, 0.15) is 0 Å². The lowest BCUT2D eigenvalue weighted by molar-refractivity contribution is 0.598. The van der Waals surface area contributed by atoms with Gasteiger partial charge in [0.05, 0.1) is 10.6 Å². The van der Waals surface area contributed by atoms with Gasteiger partial charge >= 0.3 is 0 Å². The second kappa shape index (κ2) is 8.48. The Balaban J connectivity index is 1.71. The maximum atomic E-state index is 12.6. The first-order valence-corrected chi connectivity index (χ1v) is 9.94. The topological polar surface area (TPSA) is 96.6 Å². The van der Waals surface area contributed by atoms with Gasteiger partial charge in [-0.3, -0.25) is 0 Å². The van der Waals surface area contributed by atoms with Gasteiger partial charge in [0.15, 0.2) is 9.84 Å². The fourth-order valence-electron chi connectivity index (χ4n) is 2.55. The molecule has 0 bridgehead atoms. The van der Waals surface area contributed by atoms with Crippen LogP contribution in [0, 0.1) is 0 Å². The molecule has 0 aliphatic heterocycles. The number of benzene rings is 3. The van der Waals surface area contributed by atoms with E-state index in [-0.39, 0.29) is 10.8 Å². The lowest BCUT2D eigenvalue weighted by Gasteiger charge is -2.10. The minimum absolute atomic E-state index is 0.196. The number of nitrogens with zero attached hydrogens (tertiary/aromatic N) is 1. The minimum atomic E-state index is -3.48. The Hall–Kier alpha value is -3.16. The van der Waals surface area contributed by atoms with E-state index in [0.717, 1.165) is 16.8 Å². The predicted octanol–water partition coefficient (Wildman–Crippen LogP) is 3.32. The average molecular weight is 380 g/mol. The Morgan fingerprint density at radius 2 is 1.59 bits per heavy atom. The Morgan fingerprint density at radius 1 is 0.889 bits per heavy atom. The third kappa shape index (κ3) is 4.93. The normalized spacial score (nSPS) is 11.4. The Bertz CT molecular complexity index is 1020. The summed E-state index contributed by atoms with van der Waals surface area (Å²) in [5, 5.41) is 3.00. The molecule has 0 atom stereocenters. The van der Waals surface area contributed by atoms with E-state index in [1.165, 1.54) is 18.5 Å². The van der Waals surface area contributed by atoms with Gasteiger partial charge in [0, 0.05) is 5.69 Å². The number of rotatable bonds is 7. The first-order chi connectivity index (χ1) is 13.1. The highest BCUT2D eigenvalue weighted by atomic mass is 32.2. The van der Waals surface area contributed by atoms with Crippen LogP contribution in [0.4, 0.5) is 11.4 Å². The highest BCUT2D eigenvalue weighted by Crippen LogP contribution is 2.23.